The van der Waals surface area contributed by atoms with E-state index in [1.54, 1.807) is 39.2 Å². The molecule has 1 amide bonds. The highest BCUT2D eigenvalue weighted by Crippen LogP contribution is 2.26. The summed E-state index contributed by atoms with van der Waals surface area (Å²) in [6, 6.07) is 5.19. The van der Waals surface area contributed by atoms with Crippen molar-refractivity contribution < 1.29 is 9.53 Å². The van der Waals surface area contributed by atoms with Crippen LogP contribution in [0, 0.1) is 0 Å². The monoisotopic (exact) mass is 223 g/mol. The molecule has 0 atom stereocenters. The van der Waals surface area contributed by atoms with Crippen LogP contribution >= 0.6 is 0 Å². The summed E-state index contributed by atoms with van der Waals surface area (Å²) in [5.74, 6) is 0.225. The van der Waals surface area contributed by atoms with Crippen LogP contribution in [0.4, 0.5) is 11.4 Å². The van der Waals surface area contributed by atoms with E-state index in [0.717, 1.165) is 0 Å². The quantitative estimate of drug-likeness (QED) is 0.663. The first-order chi connectivity index (χ1) is 7.36. The molecule has 0 spiro atoms. The molecule has 88 valence electrons. The van der Waals surface area contributed by atoms with Gasteiger partial charge in [0.25, 0.3) is 0 Å². The number of nitrogen functional groups attached to an aromatic ring is 1. The molecule has 5 nitrogen and oxygen atoms in total. The molecule has 1 rings (SSSR count). The molecule has 5 N–H and O–H groups in total. The molecular formula is C11H17N3O2. The summed E-state index contributed by atoms with van der Waals surface area (Å²) in [7, 11) is 1.56. The lowest BCUT2D eigenvalue weighted by Gasteiger charge is -2.24. The Morgan fingerprint density at radius 1 is 1.44 bits per heavy atom. The van der Waals surface area contributed by atoms with Crippen LogP contribution in [0.5, 0.6) is 5.75 Å². The van der Waals surface area contributed by atoms with E-state index in [4.69, 9.17) is 16.2 Å². The molecule has 0 aliphatic carbocycles. The van der Waals surface area contributed by atoms with Gasteiger partial charge in [-0.05, 0) is 26.0 Å². The number of primary amides is 1. The van der Waals surface area contributed by atoms with Gasteiger partial charge in [0.1, 0.15) is 11.3 Å². The molecule has 0 fully saturated rings. The summed E-state index contributed by atoms with van der Waals surface area (Å²) in [5, 5.41) is 2.98. The van der Waals surface area contributed by atoms with Gasteiger partial charge < -0.3 is 21.5 Å². The lowest BCUT2D eigenvalue weighted by molar-refractivity contribution is -0.121. The summed E-state index contributed by atoms with van der Waals surface area (Å²) in [6.45, 7) is 3.39. The molecule has 0 heterocycles. The average molecular weight is 223 g/mol. The van der Waals surface area contributed by atoms with E-state index >= 15 is 0 Å². The zero-order valence-electron chi connectivity index (χ0n) is 9.70. The van der Waals surface area contributed by atoms with Crippen LogP contribution in [0.25, 0.3) is 0 Å². The maximum absolute atomic E-state index is 11.2. The van der Waals surface area contributed by atoms with Gasteiger partial charge >= 0.3 is 0 Å². The molecule has 0 aliphatic rings. The molecular weight excluding hydrogens is 206 g/mol. The first-order valence-electron chi connectivity index (χ1n) is 4.88. The molecule has 0 aliphatic heterocycles. The smallest absolute Gasteiger partial charge is 0.242 e. The largest absolute Gasteiger partial charge is 0.497 e. The van der Waals surface area contributed by atoms with Crippen LogP contribution < -0.4 is 21.5 Å². The van der Waals surface area contributed by atoms with E-state index in [0.29, 0.717) is 17.1 Å². The van der Waals surface area contributed by atoms with Crippen LogP contribution in [-0.4, -0.2) is 18.6 Å². The Balaban J connectivity index is 2.94. The Bertz CT molecular complexity index is 402. The van der Waals surface area contributed by atoms with Crippen LogP contribution in [0.3, 0.4) is 0 Å². The van der Waals surface area contributed by atoms with Crippen molar-refractivity contribution in [1.82, 2.24) is 0 Å². The second-order valence-corrected chi connectivity index (χ2v) is 4.07. The average Bonchev–Trinajstić information content (AvgIpc) is 2.20. The fourth-order valence-electron chi connectivity index (χ4n) is 1.18. The lowest BCUT2D eigenvalue weighted by Crippen LogP contribution is -2.45. The minimum Gasteiger partial charge on any atom is -0.497 e. The number of carbonyl (C=O) groups is 1. The van der Waals surface area contributed by atoms with Gasteiger partial charge in [0.05, 0.1) is 18.5 Å². The van der Waals surface area contributed by atoms with Crippen LogP contribution in [-0.2, 0) is 4.79 Å². The molecule has 0 radical (unpaired) electrons. The van der Waals surface area contributed by atoms with Gasteiger partial charge in [0.15, 0.2) is 0 Å². The number of hydrogen-bond donors (Lipinski definition) is 3. The normalized spacial score (nSPS) is 10.9. The number of nitrogens with one attached hydrogen (secondary N) is 1. The summed E-state index contributed by atoms with van der Waals surface area (Å²) < 4.78 is 5.03. The molecule has 0 saturated heterocycles. The molecule has 1 aromatic carbocycles. The Hall–Kier alpha value is -1.91. The predicted molar refractivity (Wildman–Crippen MR) is 64.3 cm³/mol. The minimum atomic E-state index is -0.845. The second kappa shape index (κ2) is 4.30. The Morgan fingerprint density at radius 3 is 2.50 bits per heavy atom. The van der Waals surface area contributed by atoms with E-state index < -0.39 is 11.4 Å². The van der Waals surface area contributed by atoms with E-state index in [1.165, 1.54) is 0 Å². The van der Waals surface area contributed by atoms with Crippen molar-refractivity contribution in [2.75, 3.05) is 18.2 Å². The maximum atomic E-state index is 11.2. The fourth-order valence-corrected chi connectivity index (χ4v) is 1.18. The number of amides is 1. The van der Waals surface area contributed by atoms with E-state index in [9.17, 15) is 4.79 Å². The summed E-state index contributed by atoms with van der Waals surface area (Å²) in [6.07, 6.45) is 0. The minimum absolute atomic E-state index is 0.442. The number of nitrogens with two attached hydrogens (primary N) is 2. The highest BCUT2D eigenvalue weighted by atomic mass is 16.5. The molecule has 16 heavy (non-hydrogen) atoms. The maximum Gasteiger partial charge on any atom is 0.242 e. The second-order valence-electron chi connectivity index (χ2n) is 4.07. The molecule has 0 bridgehead atoms. The lowest BCUT2D eigenvalue weighted by atomic mass is 10.0. The Morgan fingerprint density at radius 2 is 2.06 bits per heavy atom. The van der Waals surface area contributed by atoms with Crippen LogP contribution in [0.2, 0.25) is 0 Å². The number of ether oxygens (including phenoxy) is 1. The van der Waals surface area contributed by atoms with Crippen molar-refractivity contribution >= 4 is 17.3 Å². The van der Waals surface area contributed by atoms with Crippen LogP contribution in [0.1, 0.15) is 13.8 Å². The summed E-state index contributed by atoms with van der Waals surface area (Å²) >= 11 is 0. The molecule has 0 saturated carbocycles. The van der Waals surface area contributed by atoms with Crippen molar-refractivity contribution in [3.63, 3.8) is 0 Å². The van der Waals surface area contributed by atoms with Gasteiger partial charge in [-0.15, -0.1) is 0 Å². The van der Waals surface area contributed by atoms with Crippen molar-refractivity contribution in [3.8, 4) is 5.75 Å². The van der Waals surface area contributed by atoms with E-state index in [-0.39, 0.29) is 0 Å². The van der Waals surface area contributed by atoms with Gasteiger partial charge in [-0.25, -0.2) is 0 Å². The van der Waals surface area contributed by atoms with Crippen molar-refractivity contribution in [2.24, 2.45) is 5.73 Å². The van der Waals surface area contributed by atoms with E-state index in [2.05, 4.69) is 5.32 Å². The topological polar surface area (TPSA) is 90.4 Å². The third kappa shape index (κ3) is 2.56. The third-order valence-electron chi connectivity index (χ3n) is 2.32. The number of anilines is 2. The zero-order valence-corrected chi connectivity index (χ0v) is 9.70. The predicted octanol–water partition coefficient (Wildman–Crippen LogP) is 0.953. The SMILES string of the molecule is COc1ccc(NC(C)(C)C(N)=O)c(N)c1. The van der Waals surface area contributed by atoms with Gasteiger partial charge in [0, 0.05) is 6.07 Å². The molecule has 0 unspecified atom stereocenters. The number of carbonyl (C=O) groups excluding carboxylic acids is 1. The molecule has 5 heteroatoms. The highest BCUT2D eigenvalue weighted by molar-refractivity contribution is 5.88. The Labute approximate surface area is 94.8 Å². The van der Waals surface area contributed by atoms with Gasteiger partial charge in [-0.2, -0.15) is 0 Å². The fraction of sp³-hybridized carbons (Fsp3) is 0.364. The third-order valence-corrected chi connectivity index (χ3v) is 2.32. The summed E-state index contributed by atoms with van der Waals surface area (Å²) in [5.41, 5.74) is 11.4. The number of rotatable bonds is 4. The van der Waals surface area contributed by atoms with Gasteiger partial charge in [0.2, 0.25) is 5.91 Å². The first kappa shape index (κ1) is 12.2. The van der Waals surface area contributed by atoms with Crippen molar-refractivity contribution in [1.29, 1.82) is 0 Å². The van der Waals surface area contributed by atoms with Crippen molar-refractivity contribution in [3.05, 3.63) is 18.2 Å². The number of hydrogen-bond acceptors (Lipinski definition) is 4. The number of benzene rings is 1. The van der Waals surface area contributed by atoms with Crippen LogP contribution in [0.15, 0.2) is 18.2 Å². The molecule has 0 aromatic heterocycles. The van der Waals surface area contributed by atoms with E-state index in [1.807, 2.05) is 0 Å². The Kier molecular flexibility index (Phi) is 3.27. The summed E-state index contributed by atoms with van der Waals surface area (Å²) in [4.78, 5) is 11.2. The van der Waals surface area contributed by atoms with Gasteiger partial charge in [-0.1, -0.05) is 0 Å². The van der Waals surface area contributed by atoms with Crippen molar-refractivity contribution in [2.45, 2.75) is 19.4 Å². The first-order valence-corrected chi connectivity index (χ1v) is 4.88. The zero-order chi connectivity index (χ0) is 12.3. The number of methoxy groups -OCH3 is 1. The van der Waals surface area contributed by atoms with Gasteiger partial charge in [-0.3, -0.25) is 4.79 Å². The standard InChI is InChI=1S/C11H17N3O2/c1-11(2,10(13)15)14-9-5-4-7(16-3)6-8(9)12/h4-6,14H,12H2,1-3H3,(H2,13,15). The highest BCUT2D eigenvalue weighted by Gasteiger charge is 2.25. The molecule has 1 aromatic rings.